The van der Waals surface area contributed by atoms with Gasteiger partial charge in [-0.2, -0.15) is 0 Å². The summed E-state index contributed by atoms with van der Waals surface area (Å²) in [4.78, 5) is 10.6. The molecular weight excluding hydrogens is 180 g/mol. The largest absolute Gasteiger partial charge is 0.479 e. The summed E-state index contributed by atoms with van der Waals surface area (Å²) in [5.74, 6) is -1.21. The molecule has 0 saturated carbocycles. The number of ether oxygens (including phenoxy) is 2. The van der Waals surface area contributed by atoms with Gasteiger partial charge in [0.25, 0.3) is 0 Å². The average molecular weight is 192 g/mol. The topological polar surface area (TPSA) is 96.2 Å². The highest BCUT2D eigenvalue weighted by Gasteiger charge is 2.42. The van der Waals surface area contributed by atoms with Gasteiger partial charge in [-0.15, -0.1) is 0 Å². The molecule has 0 aromatic carbocycles. The summed E-state index contributed by atoms with van der Waals surface area (Å²) in [6, 6.07) is 0. The van der Waals surface area contributed by atoms with E-state index in [4.69, 9.17) is 19.7 Å². The quantitative estimate of drug-likeness (QED) is 0.478. The van der Waals surface area contributed by atoms with Crippen molar-refractivity contribution in [2.45, 2.75) is 24.4 Å². The Kier molecular flexibility index (Phi) is 3.21. The Morgan fingerprint density at radius 1 is 1.54 bits per heavy atom. The van der Waals surface area contributed by atoms with E-state index >= 15 is 0 Å². The smallest absolute Gasteiger partial charge is 0.335 e. The molecule has 4 unspecified atom stereocenters. The van der Waals surface area contributed by atoms with Crippen LogP contribution in [0.15, 0.2) is 0 Å². The predicted molar refractivity (Wildman–Crippen MR) is 40.2 cm³/mol. The molecule has 0 amide bonds. The van der Waals surface area contributed by atoms with Crippen molar-refractivity contribution in [1.29, 1.82) is 0 Å². The lowest BCUT2D eigenvalue weighted by atomic mass is 10.00. The summed E-state index contributed by atoms with van der Waals surface area (Å²) in [6.45, 7) is -0.196. The van der Waals surface area contributed by atoms with Crippen molar-refractivity contribution in [1.82, 2.24) is 0 Å². The van der Waals surface area contributed by atoms with Crippen LogP contribution >= 0.6 is 0 Å². The molecule has 1 fully saturated rings. The van der Waals surface area contributed by atoms with Gasteiger partial charge in [0, 0.05) is 7.11 Å². The van der Waals surface area contributed by atoms with Crippen molar-refractivity contribution in [3.8, 4) is 0 Å². The van der Waals surface area contributed by atoms with Gasteiger partial charge in [0.15, 0.2) is 6.10 Å². The van der Waals surface area contributed by atoms with Crippen LogP contribution in [0, 0.1) is 0 Å². The summed E-state index contributed by atoms with van der Waals surface area (Å²) in [7, 11) is 1.26. The third kappa shape index (κ3) is 1.97. The van der Waals surface area contributed by atoms with Crippen LogP contribution in [0.4, 0.5) is 0 Å². The maximum atomic E-state index is 10.6. The van der Waals surface area contributed by atoms with Crippen molar-refractivity contribution in [3.63, 3.8) is 0 Å². The molecule has 0 aliphatic carbocycles. The van der Waals surface area contributed by atoms with E-state index < -0.39 is 30.4 Å². The van der Waals surface area contributed by atoms with Crippen molar-refractivity contribution in [3.05, 3.63) is 0 Å². The van der Waals surface area contributed by atoms with E-state index in [-0.39, 0.29) is 6.61 Å². The second kappa shape index (κ2) is 4.01. The van der Waals surface area contributed by atoms with Crippen LogP contribution in [0.2, 0.25) is 0 Å². The molecule has 4 atom stereocenters. The lowest BCUT2D eigenvalue weighted by Crippen LogP contribution is -2.56. The molecule has 0 radical (unpaired) electrons. The van der Waals surface area contributed by atoms with E-state index in [2.05, 4.69) is 0 Å². The number of hydrogen-bond acceptors (Lipinski definition) is 5. The van der Waals surface area contributed by atoms with Crippen LogP contribution in [-0.4, -0.2) is 59.4 Å². The zero-order valence-electron chi connectivity index (χ0n) is 7.08. The molecule has 1 heterocycles. The number of aliphatic hydroxyl groups excluding tert-OH is 2. The molecule has 6 heteroatoms. The number of hydrogen-bond donors (Lipinski definition) is 3. The third-order valence-electron chi connectivity index (χ3n) is 1.99. The van der Waals surface area contributed by atoms with Crippen LogP contribution in [0.1, 0.15) is 0 Å². The Morgan fingerprint density at radius 3 is 2.62 bits per heavy atom. The van der Waals surface area contributed by atoms with Crippen LogP contribution in [0.5, 0.6) is 0 Å². The maximum Gasteiger partial charge on any atom is 0.335 e. The van der Waals surface area contributed by atoms with E-state index in [1.807, 2.05) is 0 Å². The number of aliphatic carboxylic acids is 1. The summed E-state index contributed by atoms with van der Waals surface area (Å²) in [6.07, 6.45) is -4.56. The fourth-order valence-corrected chi connectivity index (χ4v) is 1.27. The van der Waals surface area contributed by atoms with E-state index in [9.17, 15) is 9.90 Å². The first-order valence-corrected chi connectivity index (χ1v) is 3.81. The standard InChI is InChI=1S/C7H12O6/c1-12-5-4(9)3(8)2-13-6(5)7(10)11/h3-6,8-9H,2H2,1H3,(H,10,11). The number of carboxylic acids is 1. The Hall–Kier alpha value is -0.690. The van der Waals surface area contributed by atoms with Crippen LogP contribution in [0.3, 0.4) is 0 Å². The molecule has 1 saturated heterocycles. The first kappa shape index (κ1) is 10.4. The second-order valence-electron chi connectivity index (χ2n) is 2.85. The van der Waals surface area contributed by atoms with Crippen LogP contribution in [-0.2, 0) is 14.3 Å². The summed E-state index contributed by atoms with van der Waals surface area (Å²) >= 11 is 0. The lowest BCUT2D eigenvalue weighted by Gasteiger charge is -2.35. The van der Waals surface area contributed by atoms with Crippen LogP contribution in [0.25, 0.3) is 0 Å². The maximum absolute atomic E-state index is 10.6. The minimum absolute atomic E-state index is 0.196. The highest BCUT2D eigenvalue weighted by molar-refractivity contribution is 5.73. The Morgan fingerprint density at radius 2 is 2.15 bits per heavy atom. The Balaban J connectivity index is 2.71. The third-order valence-corrected chi connectivity index (χ3v) is 1.99. The molecule has 0 aromatic rings. The van der Waals surface area contributed by atoms with Crippen molar-refractivity contribution < 1.29 is 29.6 Å². The van der Waals surface area contributed by atoms with E-state index in [1.54, 1.807) is 0 Å². The Labute approximate surface area is 74.7 Å². The lowest BCUT2D eigenvalue weighted by molar-refractivity contribution is -0.208. The zero-order chi connectivity index (χ0) is 10.0. The summed E-state index contributed by atoms with van der Waals surface area (Å²) in [5, 5.41) is 27.1. The molecular formula is C7H12O6. The summed E-state index contributed by atoms with van der Waals surface area (Å²) in [5.41, 5.74) is 0. The molecule has 0 aromatic heterocycles. The number of carboxylic acid groups (broad SMARTS) is 1. The molecule has 0 bridgehead atoms. The van der Waals surface area contributed by atoms with Gasteiger partial charge in [-0.25, -0.2) is 4.79 Å². The number of rotatable bonds is 2. The highest BCUT2D eigenvalue weighted by Crippen LogP contribution is 2.18. The first-order valence-electron chi connectivity index (χ1n) is 3.81. The average Bonchev–Trinajstić information content (AvgIpc) is 2.09. The number of methoxy groups -OCH3 is 1. The molecule has 0 spiro atoms. The van der Waals surface area contributed by atoms with E-state index in [1.165, 1.54) is 7.11 Å². The fourth-order valence-electron chi connectivity index (χ4n) is 1.27. The van der Waals surface area contributed by atoms with Gasteiger partial charge in [-0.3, -0.25) is 0 Å². The van der Waals surface area contributed by atoms with Gasteiger partial charge in [0.05, 0.1) is 6.61 Å². The van der Waals surface area contributed by atoms with Gasteiger partial charge in [-0.1, -0.05) is 0 Å². The number of aliphatic hydroxyl groups is 2. The second-order valence-corrected chi connectivity index (χ2v) is 2.85. The predicted octanol–water partition coefficient (Wildman–Crippen LogP) is -1.79. The molecule has 76 valence electrons. The normalized spacial score (nSPS) is 40.2. The van der Waals surface area contributed by atoms with Gasteiger partial charge >= 0.3 is 5.97 Å². The molecule has 1 aliphatic rings. The van der Waals surface area contributed by atoms with Crippen LogP contribution < -0.4 is 0 Å². The molecule has 1 rings (SSSR count). The molecule has 13 heavy (non-hydrogen) atoms. The van der Waals surface area contributed by atoms with E-state index in [0.29, 0.717) is 0 Å². The highest BCUT2D eigenvalue weighted by atomic mass is 16.6. The van der Waals surface area contributed by atoms with Crippen molar-refractivity contribution in [2.75, 3.05) is 13.7 Å². The monoisotopic (exact) mass is 192 g/mol. The van der Waals surface area contributed by atoms with E-state index in [0.717, 1.165) is 0 Å². The van der Waals surface area contributed by atoms with Gasteiger partial charge in [0.2, 0.25) is 0 Å². The molecule has 6 nitrogen and oxygen atoms in total. The van der Waals surface area contributed by atoms with Crippen molar-refractivity contribution in [2.24, 2.45) is 0 Å². The Bertz CT molecular complexity index is 193. The molecule has 1 aliphatic heterocycles. The summed E-state index contributed by atoms with van der Waals surface area (Å²) < 4.78 is 9.52. The van der Waals surface area contributed by atoms with Gasteiger partial charge < -0.3 is 24.8 Å². The van der Waals surface area contributed by atoms with Crippen molar-refractivity contribution >= 4 is 5.97 Å². The first-order chi connectivity index (χ1) is 6.07. The zero-order valence-corrected chi connectivity index (χ0v) is 7.08. The molecule has 3 N–H and O–H groups in total. The number of carbonyl (C=O) groups is 1. The minimum atomic E-state index is -1.22. The van der Waals surface area contributed by atoms with Gasteiger partial charge in [-0.05, 0) is 0 Å². The van der Waals surface area contributed by atoms with Gasteiger partial charge in [0.1, 0.15) is 18.3 Å². The minimum Gasteiger partial charge on any atom is -0.479 e. The SMILES string of the molecule is COC1C(C(=O)O)OCC(O)C1O. The fraction of sp³-hybridized carbons (Fsp3) is 0.857.